The number of carbonyl (C=O) groups excluding carboxylic acids is 1. The molecule has 4 heteroatoms. The molecule has 1 aliphatic rings. The molecule has 15 heavy (non-hydrogen) atoms. The second-order valence-electron chi connectivity index (χ2n) is 4.17. The van der Waals surface area contributed by atoms with Crippen molar-refractivity contribution in [2.75, 3.05) is 7.11 Å². The molecule has 0 aliphatic heterocycles. The lowest BCUT2D eigenvalue weighted by Gasteiger charge is -2.40. The van der Waals surface area contributed by atoms with Crippen LogP contribution in [0.15, 0.2) is 12.4 Å². The Morgan fingerprint density at radius 1 is 1.67 bits per heavy atom. The lowest BCUT2D eigenvalue weighted by atomic mass is 9.76. The van der Waals surface area contributed by atoms with Crippen molar-refractivity contribution in [2.45, 2.75) is 37.7 Å². The number of nitrogens with zero attached hydrogens (tertiary/aromatic N) is 1. The molecule has 1 aromatic rings. The van der Waals surface area contributed by atoms with Gasteiger partial charge in [-0.3, -0.25) is 4.79 Å². The fraction of sp³-hybridized carbons (Fsp3) is 0.636. The van der Waals surface area contributed by atoms with Gasteiger partial charge < -0.3 is 9.72 Å². The first-order chi connectivity index (χ1) is 7.24. The molecule has 2 rings (SSSR count). The van der Waals surface area contributed by atoms with Crippen LogP contribution in [0, 0.1) is 0 Å². The molecule has 0 atom stereocenters. The largest absolute Gasteiger partial charge is 0.378 e. The first kappa shape index (κ1) is 10.4. The molecule has 0 unspecified atom stereocenters. The van der Waals surface area contributed by atoms with Crippen LogP contribution in [0.5, 0.6) is 0 Å². The van der Waals surface area contributed by atoms with E-state index in [1.54, 1.807) is 19.5 Å². The number of hydrogen-bond acceptors (Lipinski definition) is 3. The molecule has 0 radical (unpaired) electrons. The van der Waals surface area contributed by atoms with E-state index in [1.165, 1.54) is 6.42 Å². The minimum Gasteiger partial charge on any atom is -0.378 e. The van der Waals surface area contributed by atoms with Crippen LogP contribution in [0.3, 0.4) is 0 Å². The van der Waals surface area contributed by atoms with Crippen molar-refractivity contribution >= 4 is 5.78 Å². The van der Waals surface area contributed by atoms with Gasteiger partial charge in [0.15, 0.2) is 0 Å². The molecule has 1 aliphatic carbocycles. The lowest BCUT2D eigenvalue weighted by Crippen LogP contribution is -2.41. The third-order valence-corrected chi connectivity index (χ3v) is 3.14. The molecule has 0 spiro atoms. The summed E-state index contributed by atoms with van der Waals surface area (Å²) in [6, 6.07) is 0. The zero-order valence-electron chi connectivity index (χ0n) is 8.95. The number of Topliss-reactive ketones (excluding diaryl/α,β-unsaturated/α-hetero) is 1. The maximum absolute atomic E-state index is 11.7. The van der Waals surface area contributed by atoms with Crippen molar-refractivity contribution < 1.29 is 9.53 Å². The Morgan fingerprint density at radius 3 is 2.93 bits per heavy atom. The van der Waals surface area contributed by atoms with Gasteiger partial charge in [0.05, 0.1) is 12.0 Å². The molecule has 1 saturated carbocycles. The van der Waals surface area contributed by atoms with E-state index < -0.39 is 0 Å². The van der Waals surface area contributed by atoms with Gasteiger partial charge in [0, 0.05) is 25.9 Å². The maximum atomic E-state index is 11.7. The fourth-order valence-electron chi connectivity index (χ4n) is 2.03. The van der Waals surface area contributed by atoms with Crippen LogP contribution in [0.25, 0.3) is 0 Å². The molecule has 1 fully saturated rings. The number of rotatable bonds is 5. The number of H-pyrrole nitrogens is 1. The molecular weight excluding hydrogens is 192 g/mol. The normalized spacial score (nSPS) is 18.5. The number of aromatic nitrogens is 2. The number of ether oxygens (including phenoxy) is 1. The van der Waals surface area contributed by atoms with E-state index in [2.05, 4.69) is 9.97 Å². The molecular formula is C11H16N2O2. The first-order valence-corrected chi connectivity index (χ1v) is 5.29. The molecule has 4 nitrogen and oxygen atoms in total. The third kappa shape index (κ3) is 2.26. The Bertz CT molecular complexity index is 323. The van der Waals surface area contributed by atoms with Crippen LogP contribution >= 0.6 is 0 Å². The second-order valence-corrected chi connectivity index (χ2v) is 4.17. The van der Waals surface area contributed by atoms with Crippen molar-refractivity contribution in [1.29, 1.82) is 0 Å². The number of ketones is 1. The number of imidazole rings is 1. The summed E-state index contributed by atoms with van der Waals surface area (Å²) in [5, 5.41) is 0. The summed E-state index contributed by atoms with van der Waals surface area (Å²) in [4.78, 5) is 18.7. The minimum atomic E-state index is -0.163. The summed E-state index contributed by atoms with van der Waals surface area (Å²) in [5.74, 6) is 0.942. The van der Waals surface area contributed by atoms with Gasteiger partial charge in [-0.15, -0.1) is 0 Å². The zero-order chi connectivity index (χ0) is 10.7. The van der Waals surface area contributed by atoms with E-state index in [0.29, 0.717) is 12.8 Å². The number of methoxy groups -OCH3 is 1. The summed E-state index contributed by atoms with van der Waals surface area (Å²) < 4.78 is 5.41. The molecule has 1 N–H and O–H groups in total. The van der Waals surface area contributed by atoms with Gasteiger partial charge in [-0.25, -0.2) is 4.98 Å². The van der Waals surface area contributed by atoms with Crippen LogP contribution in [0.4, 0.5) is 0 Å². The molecule has 82 valence electrons. The molecule has 1 heterocycles. The summed E-state index contributed by atoms with van der Waals surface area (Å²) >= 11 is 0. The molecule has 1 aromatic heterocycles. The SMILES string of the molecule is COC1(CC(=O)Cc2ncc[nH]2)CCC1. The lowest BCUT2D eigenvalue weighted by molar-refractivity contribution is -0.131. The minimum absolute atomic E-state index is 0.163. The highest BCUT2D eigenvalue weighted by Crippen LogP contribution is 2.38. The summed E-state index contributed by atoms with van der Waals surface area (Å²) in [5.41, 5.74) is -0.163. The first-order valence-electron chi connectivity index (χ1n) is 5.29. The van der Waals surface area contributed by atoms with Gasteiger partial charge in [0.25, 0.3) is 0 Å². The van der Waals surface area contributed by atoms with E-state index in [9.17, 15) is 4.79 Å². The number of nitrogens with one attached hydrogen (secondary N) is 1. The van der Waals surface area contributed by atoms with Crippen molar-refractivity contribution in [3.8, 4) is 0 Å². The maximum Gasteiger partial charge on any atom is 0.143 e. The topological polar surface area (TPSA) is 55.0 Å². The molecule has 0 amide bonds. The van der Waals surface area contributed by atoms with Crippen LogP contribution in [-0.4, -0.2) is 28.5 Å². The van der Waals surface area contributed by atoms with Gasteiger partial charge in [-0.05, 0) is 19.3 Å². The zero-order valence-corrected chi connectivity index (χ0v) is 8.95. The smallest absolute Gasteiger partial charge is 0.143 e. The van der Waals surface area contributed by atoms with Gasteiger partial charge in [-0.2, -0.15) is 0 Å². The van der Waals surface area contributed by atoms with Crippen molar-refractivity contribution in [3.05, 3.63) is 18.2 Å². The van der Waals surface area contributed by atoms with Crippen LogP contribution < -0.4 is 0 Å². The van der Waals surface area contributed by atoms with Gasteiger partial charge >= 0.3 is 0 Å². The van der Waals surface area contributed by atoms with E-state index in [1.807, 2.05) is 0 Å². The second kappa shape index (κ2) is 4.14. The Morgan fingerprint density at radius 2 is 2.47 bits per heavy atom. The quantitative estimate of drug-likeness (QED) is 0.797. The van der Waals surface area contributed by atoms with Crippen LogP contribution in [0.2, 0.25) is 0 Å². The average molecular weight is 208 g/mol. The Kier molecular flexibility index (Phi) is 2.86. The standard InChI is InChI=1S/C11H16N2O2/c1-15-11(3-2-4-11)8-9(14)7-10-12-5-6-13-10/h5-6H,2-4,7-8H2,1H3,(H,12,13). The third-order valence-electron chi connectivity index (χ3n) is 3.14. The van der Waals surface area contributed by atoms with E-state index >= 15 is 0 Å². The molecule has 0 aromatic carbocycles. The number of carbonyl (C=O) groups is 1. The highest BCUT2D eigenvalue weighted by atomic mass is 16.5. The van der Waals surface area contributed by atoms with Gasteiger partial charge in [0.1, 0.15) is 11.6 Å². The van der Waals surface area contributed by atoms with Crippen molar-refractivity contribution in [1.82, 2.24) is 9.97 Å². The van der Waals surface area contributed by atoms with Crippen LogP contribution in [0.1, 0.15) is 31.5 Å². The highest BCUT2D eigenvalue weighted by Gasteiger charge is 2.38. The van der Waals surface area contributed by atoms with Crippen molar-refractivity contribution in [3.63, 3.8) is 0 Å². The van der Waals surface area contributed by atoms with E-state index in [4.69, 9.17) is 4.74 Å². The number of hydrogen-bond donors (Lipinski definition) is 1. The molecule has 0 bridgehead atoms. The number of aromatic amines is 1. The Labute approximate surface area is 89.0 Å². The van der Waals surface area contributed by atoms with Gasteiger partial charge in [0.2, 0.25) is 0 Å². The van der Waals surface area contributed by atoms with Crippen molar-refractivity contribution in [2.24, 2.45) is 0 Å². The summed E-state index contributed by atoms with van der Waals surface area (Å²) in [7, 11) is 1.69. The average Bonchev–Trinajstić information content (AvgIpc) is 2.64. The Hall–Kier alpha value is -1.16. The van der Waals surface area contributed by atoms with Crippen LogP contribution in [-0.2, 0) is 16.0 Å². The Balaban J connectivity index is 1.87. The highest BCUT2D eigenvalue weighted by molar-refractivity contribution is 5.81. The monoisotopic (exact) mass is 208 g/mol. The van der Waals surface area contributed by atoms with E-state index in [0.717, 1.165) is 18.7 Å². The summed E-state index contributed by atoms with van der Waals surface area (Å²) in [6.07, 6.45) is 7.49. The predicted octanol–water partition coefficient (Wildman–Crippen LogP) is 1.48. The fourth-order valence-corrected chi connectivity index (χ4v) is 2.03. The predicted molar refractivity (Wildman–Crippen MR) is 55.5 cm³/mol. The van der Waals surface area contributed by atoms with Gasteiger partial charge in [-0.1, -0.05) is 0 Å². The van der Waals surface area contributed by atoms with E-state index in [-0.39, 0.29) is 11.4 Å². The summed E-state index contributed by atoms with van der Waals surface area (Å²) in [6.45, 7) is 0. The molecule has 0 saturated heterocycles.